The van der Waals surface area contributed by atoms with E-state index in [1.54, 1.807) is 67.3 Å². The van der Waals surface area contributed by atoms with Crippen LogP contribution in [0, 0.1) is 0 Å². The van der Waals surface area contributed by atoms with Gasteiger partial charge in [0, 0.05) is 29.7 Å². The van der Waals surface area contributed by atoms with Gasteiger partial charge in [0.2, 0.25) is 0 Å². The molecule has 0 bridgehead atoms. The highest BCUT2D eigenvalue weighted by atomic mass is 35.5. The average Bonchev–Trinajstić information content (AvgIpc) is 2.81. The third kappa shape index (κ3) is 7.12. The molecule has 2 amide bonds. The second-order valence-electron chi connectivity index (χ2n) is 7.60. The number of carbonyl (C=O) groups is 3. The lowest BCUT2D eigenvalue weighted by atomic mass is 10.0. The highest BCUT2D eigenvalue weighted by Gasteiger charge is 2.26. The molecule has 1 unspecified atom stereocenters. The van der Waals surface area contributed by atoms with Gasteiger partial charge in [-0.25, -0.2) is 4.79 Å². The van der Waals surface area contributed by atoms with Crippen LogP contribution in [0.1, 0.15) is 37.0 Å². The number of benzene rings is 2. The van der Waals surface area contributed by atoms with Crippen LogP contribution in [-0.2, 0) is 9.53 Å². The molecule has 3 rings (SSSR count). The standard InChI is InChI=1S/C24H27ClN2O6/c1-3-31-24(30)33-21-8-4-17(5-9-21)23(29)27-14-12-19(13-15-27)26-22(28)16(2)32-20-10-6-18(25)7-11-20/h4-11,16,19H,3,12-15H2,1-2H3,(H,26,28). The number of halogens is 1. The summed E-state index contributed by atoms with van der Waals surface area (Å²) in [7, 11) is 0. The normalized spacial score (nSPS) is 14.8. The minimum absolute atomic E-state index is 0.0295. The Labute approximate surface area is 197 Å². The fourth-order valence-electron chi connectivity index (χ4n) is 3.41. The molecule has 0 saturated carbocycles. The number of ether oxygens (including phenoxy) is 3. The van der Waals surface area contributed by atoms with Crippen LogP contribution in [-0.4, -0.2) is 54.7 Å². The Bertz CT molecular complexity index is 956. The van der Waals surface area contributed by atoms with Crippen molar-refractivity contribution in [2.45, 2.75) is 38.8 Å². The molecule has 0 radical (unpaired) electrons. The van der Waals surface area contributed by atoms with Crippen LogP contribution in [0.5, 0.6) is 11.5 Å². The lowest BCUT2D eigenvalue weighted by molar-refractivity contribution is -0.128. The molecule has 1 heterocycles. The second-order valence-corrected chi connectivity index (χ2v) is 8.03. The summed E-state index contributed by atoms with van der Waals surface area (Å²) in [6.45, 7) is 4.65. The molecule has 176 valence electrons. The maximum absolute atomic E-state index is 12.8. The maximum Gasteiger partial charge on any atom is 0.513 e. The molecule has 1 saturated heterocycles. The number of amides is 2. The van der Waals surface area contributed by atoms with Gasteiger partial charge in [0.15, 0.2) is 6.10 Å². The SMILES string of the molecule is CCOC(=O)Oc1ccc(C(=O)N2CCC(NC(=O)C(C)Oc3ccc(Cl)cc3)CC2)cc1. The smallest absolute Gasteiger partial charge is 0.481 e. The predicted molar refractivity (Wildman–Crippen MR) is 123 cm³/mol. The summed E-state index contributed by atoms with van der Waals surface area (Å²) in [5, 5.41) is 3.60. The van der Waals surface area contributed by atoms with Gasteiger partial charge in [-0.15, -0.1) is 0 Å². The van der Waals surface area contributed by atoms with Crippen molar-refractivity contribution in [1.82, 2.24) is 10.2 Å². The van der Waals surface area contributed by atoms with E-state index in [-0.39, 0.29) is 24.5 Å². The van der Waals surface area contributed by atoms with E-state index in [4.69, 9.17) is 25.8 Å². The molecule has 1 N–H and O–H groups in total. The fraction of sp³-hybridized carbons (Fsp3) is 0.375. The van der Waals surface area contributed by atoms with Crippen molar-refractivity contribution in [2.75, 3.05) is 19.7 Å². The van der Waals surface area contributed by atoms with Crippen molar-refractivity contribution < 1.29 is 28.6 Å². The molecule has 0 aliphatic carbocycles. The number of nitrogens with one attached hydrogen (secondary N) is 1. The first-order valence-corrected chi connectivity index (χ1v) is 11.2. The fourth-order valence-corrected chi connectivity index (χ4v) is 3.53. The molecule has 2 aromatic rings. The summed E-state index contributed by atoms with van der Waals surface area (Å²) in [6, 6.07) is 13.1. The van der Waals surface area contributed by atoms with E-state index in [1.165, 1.54) is 0 Å². The summed E-state index contributed by atoms with van der Waals surface area (Å²) in [6.07, 6.45) is -0.139. The number of likely N-dealkylation sites (tertiary alicyclic amines) is 1. The summed E-state index contributed by atoms with van der Waals surface area (Å²) in [4.78, 5) is 38.4. The first-order chi connectivity index (χ1) is 15.9. The monoisotopic (exact) mass is 474 g/mol. The van der Waals surface area contributed by atoms with Crippen LogP contribution in [0.3, 0.4) is 0 Å². The van der Waals surface area contributed by atoms with Crippen LogP contribution in [0.15, 0.2) is 48.5 Å². The molecule has 1 atom stereocenters. The second kappa shape index (κ2) is 11.6. The zero-order valence-electron chi connectivity index (χ0n) is 18.6. The maximum atomic E-state index is 12.8. The number of piperidine rings is 1. The van der Waals surface area contributed by atoms with E-state index >= 15 is 0 Å². The third-order valence-electron chi connectivity index (χ3n) is 5.19. The molecular weight excluding hydrogens is 448 g/mol. The van der Waals surface area contributed by atoms with E-state index < -0.39 is 12.3 Å². The molecule has 2 aromatic carbocycles. The lowest BCUT2D eigenvalue weighted by Crippen LogP contribution is -2.49. The summed E-state index contributed by atoms with van der Waals surface area (Å²) < 4.78 is 15.4. The predicted octanol–water partition coefficient (Wildman–Crippen LogP) is 4.06. The van der Waals surface area contributed by atoms with Crippen LogP contribution in [0.4, 0.5) is 4.79 Å². The van der Waals surface area contributed by atoms with Gasteiger partial charge in [0.05, 0.1) is 6.61 Å². The topological polar surface area (TPSA) is 94.2 Å². The molecule has 8 nitrogen and oxygen atoms in total. The van der Waals surface area contributed by atoms with Crippen molar-refractivity contribution in [3.63, 3.8) is 0 Å². The molecule has 1 fully saturated rings. The van der Waals surface area contributed by atoms with Gasteiger partial charge in [0.25, 0.3) is 11.8 Å². The highest BCUT2D eigenvalue weighted by Crippen LogP contribution is 2.19. The molecule has 9 heteroatoms. The van der Waals surface area contributed by atoms with Gasteiger partial charge in [-0.1, -0.05) is 11.6 Å². The Hall–Kier alpha value is -3.26. The van der Waals surface area contributed by atoms with Gasteiger partial charge in [-0.05, 0) is 75.2 Å². The number of rotatable bonds is 7. The van der Waals surface area contributed by atoms with Gasteiger partial charge >= 0.3 is 6.16 Å². The molecule has 1 aliphatic heterocycles. The molecule has 0 aromatic heterocycles. The van der Waals surface area contributed by atoms with E-state index in [1.807, 2.05) is 0 Å². The summed E-state index contributed by atoms with van der Waals surface area (Å²) in [5.74, 6) is 0.566. The molecular formula is C24H27ClN2O6. The quantitative estimate of drug-likeness (QED) is 0.480. The van der Waals surface area contributed by atoms with Crippen LogP contribution in [0.2, 0.25) is 5.02 Å². The van der Waals surface area contributed by atoms with Crippen molar-refractivity contribution in [3.8, 4) is 11.5 Å². The van der Waals surface area contributed by atoms with Crippen LogP contribution < -0.4 is 14.8 Å². The molecule has 33 heavy (non-hydrogen) atoms. The van der Waals surface area contributed by atoms with Crippen molar-refractivity contribution in [3.05, 3.63) is 59.1 Å². The first kappa shape index (κ1) is 24.4. The largest absolute Gasteiger partial charge is 0.513 e. The minimum atomic E-state index is -0.784. The molecule has 0 spiro atoms. The zero-order chi connectivity index (χ0) is 23.8. The number of hydrogen-bond acceptors (Lipinski definition) is 6. The number of nitrogens with zero attached hydrogens (tertiary/aromatic N) is 1. The van der Waals surface area contributed by atoms with Crippen molar-refractivity contribution in [1.29, 1.82) is 0 Å². The van der Waals surface area contributed by atoms with E-state index in [2.05, 4.69) is 5.32 Å². The lowest BCUT2D eigenvalue weighted by Gasteiger charge is -2.33. The Kier molecular flexibility index (Phi) is 8.54. The minimum Gasteiger partial charge on any atom is -0.481 e. The van der Waals surface area contributed by atoms with Gasteiger partial charge < -0.3 is 24.4 Å². The first-order valence-electron chi connectivity index (χ1n) is 10.8. The Balaban J connectivity index is 1.45. The van der Waals surface area contributed by atoms with Gasteiger partial charge in [0.1, 0.15) is 11.5 Å². The van der Waals surface area contributed by atoms with E-state index in [9.17, 15) is 14.4 Å². The van der Waals surface area contributed by atoms with E-state index in [0.29, 0.717) is 48.0 Å². The highest BCUT2D eigenvalue weighted by molar-refractivity contribution is 6.30. The van der Waals surface area contributed by atoms with Crippen LogP contribution in [0.25, 0.3) is 0 Å². The average molecular weight is 475 g/mol. The van der Waals surface area contributed by atoms with Gasteiger partial charge in [-0.3, -0.25) is 9.59 Å². The number of carbonyl (C=O) groups excluding carboxylic acids is 3. The Morgan fingerprint density at radius 3 is 2.24 bits per heavy atom. The summed E-state index contributed by atoms with van der Waals surface area (Å²) >= 11 is 5.86. The Morgan fingerprint density at radius 2 is 1.64 bits per heavy atom. The number of hydrogen-bond donors (Lipinski definition) is 1. The van der Waals surface area contributed by atoms with E-state index in [0.717, 1.165) is 0 Å². The molecule has 1 aliphatic rings. The van der Waals surface area contributed by atoms with Crippen LogP contribution >= 0.6 is 11.6 Å². The van der Waals surface area contributed by atoms with Crippen molar-refractivity contribution >= 4 is 29.6 Å². The van der Waals surface area contributed by atoms with Gasteiger partial charge in [-0.2, -0.15) is 0 Å². The van der Waals surface area contributed by atoms with Crippen molar-refractivity contribution in [2.24, 2.45) is 0 Å². The summed E-state index contributed by atoms with van der Waals surface area (Å²) in [5.41, 5.74) is 0.499. The zero-order valence-corrected chi connectivity index (χ0v) is 19.3. The third-order valence-corrected chi connectivity index (χ3v) is 5.44. The Morgan fingerprint density at radius 1 is 1.03 bits per heavy atom.